The van der Waals surface area contributed by atoms with E-state index in [0.717, 1.165) is 45.6 Å². The van der Waals surface area contributed by atoms with E-state index in [1.165, 1.54) is 43.4 Å². The van der Waals surface area contributed by atoms with Gasteiger partial charge in [-0.3, -0.25) is 0 Å². The maximum Gasteiger partial charge on any atom is 0.410 e. The lowest BCUT2D eigenvalue weighted by atomic mass is 9.65. The summed E-state index contributed by atoms with van der Waals surface area (Å²) in [5.41, 5.74) is 2.42. The molecule has 3 unspecified atom stereocenters. The third-order valence-electron chi connectivity index (χ3n) is 7.78. The van der Waals surface area contributed by atoms with Crippen LogP contribution in [0.2, 0.25) is 0 Å². The lowest BCUT2D eigenvalue weighted by Gasteiger charge is -2.44. The van der Waals surface area contributed by atoms with Gasteiger partial charge in [-0.2, -0.15) is 5.10 Å². The summed E-state index contributed by atoms with van der Waals surface area (Å²) in [5, 5.41) is 5.09. The Morgan fingerprint density at radius 3 is 2.59 bits per heavy atom. The van der Waals surface area contributed by atoms with Gasteiger partial charge >= 0.3 is 6.09 Å². The molecule has 0 saturated heterocycles. The molecule has 3 atom stereocenters. The van der Waals surface area contributed by atoms with Crippen LogP contribution in [-0.4, -0.2) is 84.7 Å². The van der Waals surface area contributed by atoms with Crippen LogP contribution in [0, 0.1) is 5.41 Å². The van der Waals surface area contributed by atoms with Crippen LogP contribution in [0.25, 0.3) is 0 Å². The summed E-state index contributed by atoms with van der Waals surface area (Å²) in [6.45, 7) is 9.48. The van der Waals surface area contributed by atoms with Crippen LogP contribution < -0.4 is 0 Å². The molecular weight excluding hydrogens is 602 g/mol. The second-order valence-corrected chi connectivity index (χ2v) is 14.0. The van der Waals surface area contributed by atoms with Crippen molar-refractivity contribution >= 4 is 34.5 Å². The molecule has 10 heteroatoms. The second-order valence-electron chi connectivity index (χ2n) is 12.0. The predicted octanol–water partition coefficient (Wildman–Crippen LogP) is 6.22. The third-order valence-corrected chi connectivity index (χ3v) is 9.67. The Morgan fingerprint density at radius 1 is 1.22 bits per heavy atom. The van der Waals surface area contributed by atoms with E-state index in [4.69, 9.17) is 19.3 Å². The number of rotatable bonds is 12. The van der Waals surface area contributed by atoms with E-state index in [9.17, 15) is 4.79 Å². The summed E-state index contributed by atoms with van der Waals surface area (Å²) in [6.07, 6.45) is 12.5. The SMILES string of the molecule is COCCCOC1CCC(c2nn(PI)cc2CN(C)CCN(C)C(=O)OC(C)(C)C)CC12CCCC2. The van der Waals surface area contributed by atoms with Crippen LogP contribution in [-0.2, 0) is 20.8 Å². The van der Waals surface area contributed by atoms with E-state index >= 15 is 0 Å². The predicted molar refractivity (Wildman–Crippen MR) is 159 cm³/mol. The number of hydrogen-bond acceptors (Lipinski definition) is 6. The highest BCUT2D eigenvalue weighted by Crippen LogP contribution is 2.54. The Balaban J connectivity index is 1.63. The van der Waals surface area contributed by atoms with Crippen molar-refractivity contribution in [2.75, 3.05) is 47.5 Å². The molecule has 8 nitrogen and oxygen atoms in total. The first-order valence-corrected chi connectivity index (χ1v) is 17.8. The van der Waals surface area contributed by atoms with Crippen molar-refractivity contribution in [3.8, 4) is 0 Å². The molecule has 212 valence electrons. The van der Waals surface area contributed by atoms with Crippen LogP contribution in [0.4, 0.5) is 4.79 Å². The van der Waals surface area contributed by atoms with Crippen molar-refractivity contribution in [1.29, 1.82) is 0 Å². The van der Waals surface area contributed by atoms with Crippen molar-refractivity contribution in [3.63, 3.8) is 0 Å². The van der Waals surface area contributed by atoms with Gasteiger partial charge in [-0.15, -0.1) is 0 Å². The maximum absolute atomic E-state index is 12.3. The number of aromatic nitrogens is 2. The maximum atomic E-state index is 12.3. The minimum absolute atomic E-state index is 0.274. The fraction of sp³-hybridized carbons (Fsp3) is 0.852. The Labute approximate surface area is 238 Å². The minimum atomic E-state index is -0.481. The summed E-state index contributed by atoms with van der Waals surface area (Å²) in [7, 11) is 5.69. The highest BCUT2D eigenvalue weighted by Gasteiger charge is 2.47. The summed E-state index contributed by atoms with van der Waals surface area (Å²) in [4.78, 5) is 16.3. The number of halogens is 1. The standard InChI is InChI=1S/C27H48IN4O4P/c1-26(2,3)36-25(33)31(5)15-14-30(4)19-22-20-32(37-28)29-24(22)21-10-11-23(35-17-9-16-34-6)27(18-21)12-7-8-13-27/h20-21,23,37H,7-19H2,1-6H3. The zero-order valence-corrected chi connectivity index (χ0v) is 26.9. The highest BCUT2D eigenvalue weighted by atomic mass is 127. The molecule has 1 spiro atoms. The molecule has 3 rings (SSSR count). The van der Waals surface area contributed by atoms with Crippen molar-refractivity contribution in [2.45, 2.75) is 96.3 Å². The number of carbonyl (C=O) groups is 1. The zero-order valence-electron chi connectivity index (χ0n) is 23.7. The number of nitrogens with zero attached hydrogens (tertiary/aromatic N) is 4. The molecule has 1 heterocycles. The molecule has 0 N–H and O–H groups in total. The van der Waals surface area contributed by atoms with Gasteiger partial charge in [0.15, 0.2) is 0 Å². The molecule has 0 radical (unpaired) electrons. The Bertz CT molecular complexity index is 856. The van der Waals surface area contributed by atoms with E-state index < -0.39 is 5.60 Å². The first kappa shape index (κ1) is 31.1. The van der Waals surface area contributed by atoms with E-state index in [-0.39, 0.29) is 6.09 Å². The molecule has 1 aromatic rings. The molecule has 1 aromatic heterocycles. The number of methoxy groups -OCH3 is 1. The van der Waals surface area contributed by atoms with Gasteiger partial charge in [0.1, 0.15) is 5.60 Å². The minimum Gasteiger partial charge on any atom is -0.444 e. The van der Waals surface area contributed by atoms with Crippen LogP contribution in [0.1, 0.15) is 89.3 Å². The second kappa shape index (κ2) is 14.2. The van der Waals surface area contributed by atoms with E-state index in [1.807, 2.05) is 20.8 Å². The summed E-state index contributed by atoms with van der Waals surface area (Å²) >= 11 is 2.41. The third kappa shape index (κ3) is 9.02. The number of ether oxygens (including phenoxy) is 3. The van der Waals surface area contributed by atoms with Crippen LogP contribution in [0.5, 0.6) is 0 Å². The summed E-state index contributed by atoms with van der Waals surface area (Å²) in [5.74, 6) is 0.485. The fourth-order valence-electron chi connectivity index (χ4n) is 5.96. The number of hydrogen-bond donors (Lipinski definition) is 0. The van der Waals surface area contributed by atoms with Crippen LogP contribution >= 0.6 is 28.4 Å². The molecule has 2 saturated carbocycles. The average molecular weight is 651 g/mol. The first-order valence-electron chi connectivity index (χ1n) is 13.7. The number of carbonyl (C=O) groups excluding carboxylic acids is 1. The molecule has 0 bridgehead atoms. The molecular formula is C27H48IN4O4P. The molecule has 1 amide bonds. The summed E-state index contributed by atoms with van der Waals surface area (Å²) < 4.78 is 19.3. The molecule has 37 heavy (non-hydrogen) atoms. The highest BCUT2D eigenvalue weighted by molar-refractivity contribution is 14.2. The molecule has 2 fully saturated rings. The molecule has 2 aliphatic carbocycles. The number of amides is 1. The van der Waals surface area contributed by atoms with Gasteiger partial charge in [0.25, 0.3) is 0 Å². The largest absolute Gasteiger partial charge is 0.444 e. The average Bonchev–Trinajstić information content (AvgIpc) is 3.47. The smallest absolute Gasteiger partial charge is 0.410 e. The van der Waals surface area contributed by atoms with Crippen molar-refractivity contribution in [2.24, 2.45) is 5.41 Å². The van der Waals surface area contributed by atoms with Crippen molar-refractivity contribution in [1.82, 2.24) is 19.4 Å². The van der Waals surface area contributed by atoms with Gasteiger partial charge in [-0.05, 0) is 93.8 Å². The van der Waals surface area contributed by atoms with E-state index in [1.54, 1.807) is 19.1 Å². The van der Waals surface area contributed by atoms with Gasteiger partial charge in [0.05, 0.1) is 18.2 Å². The Hall–Kier alpha value is -0.480. The van der Waals surface area contributed by atoms with Gasteiger partial charge in [0.2, 0.25) is 0 Å². The topological polar surface area (TPSA) is 69.1 Å². The Morgan fingerprint density at radius 2 is 1.95 bits per heavy atom. The summed E-state index contributed by atoms with van der Waals surface area (Å²) in [6, 6.07) is 0. The van der Waals surface area contributed by atoms with Crippen LogP contribution in [0.15, 0.2) is 6.20 Å². The molecule has 0 aromatic carbocycles. The fourth-order valence-corrected chi connectivity index (χ4v) is 7.06. The van der Waals surface area contributed by atoms with E-state index in [0.29, 0.717) is 30.4 Å². The van der Waals surface area contributed by atoms with Gasteiger partial charge < -0.3 is 24.0 Å². The number of likely N-dealkylation sites (N-methyl/N-ethyl adjacent to an activating group) is 2. The van der Waals surface area contributed by atoms with Crippen molar-refractivity contribution in [3.05, 3.63) is 17.5 Å². The van der Waals surface area contributed by atoms with E-state index in [2.05, 4.69) is 44.6 Å². The lowest BCUT2D eigenvalue weighted by molar-refractivity contribution is -0.0736. The Kier molecular flexibility index (Phi) is 12.0. The quantitative estimate of drug-likeness (QED) is 0.152. The van der Waals surface area contributed by atoms with Crippen LogP contribution in [0.3, 0.4) is 0 Å². The van der Waals surface area contributed by atoms with Gasteiger partial charge in [-0.1, -0.05) is 12.8 Å². The normalized spacial score (nSPS) is 21.9. The monoisotopic (exact) mass is 650 g/mol. The molecule has 2 aliphatic rings. The van der Waals surface area contributed by atoms with Gasteiger partial charge in [0, 0.05) is 64.7 Å². The van der Waals surface area contributed by atoms with Gasteiger partial charge in [-0.25, -0.2) is 9.25 Å². The first-order chi connectivity index (χ1) is 17.6. The van der Waals surface area contributed by atoms with Crippen molar-refractivity contribution < 1.29 is 19.0 Å². The zero-order chi connectivity index (χ0) is 27.1. The molecule has 0 aliphatic heterocycles. The lowest BCUT2D eigenvalue weighted by Crippen LogP contribution is -2.41.